The Bertz CT molecular complexity index is 968. The summed E-state index contributed by atoms with van der Waals surface area (Å²) in [4.78, 5) is 4.44. The first kappa shape index (κ1) is 16.2. The number of nitrogens with zero attached hydrogens (tertiary/aromatic N) is 1. The zero-order chi connectivity index (χ0) is 17.2. The highest BCUT2D eigenvalue weighted by molar-refractivity contribution is 7.92. The van der Waals surface area contributed by atoms with E-state index >= 15 is 0 Å². The van der Waals surface area contributed by atoms with Crippen molar-refractivity contribution in [1.82, 2.24) is 4.98 Å². The molecule has 3 aromatic rings. The molecule has 0 radical (unpaired) electrons. The van der Waals surface area contributed by atoms with E-state index in [1.165, 1.54) is 0 Å². The molecule has 1 aromatic heterocycles. The Morgan fingerprint density at radius 3 is 2.25 bits per heavy atom. The predicted octanol–water partition coefficient (Wildman–Crippen LogP) is 4.17. The van der Waals surface area contributed by atoms with E-state index < -0.39 is 10.0 Å². The summed E-state index contributed by atoms with van der Waals surface area (Å²) in [6, 6.07) is 20.4. The fraction of sp³-hybridized carbons (Fsp3) is 0.105. The average Bonchev–Trinajstić information content (AvgIpc) is 2.55. The molecule has 0 atom stereocenters. The van der Waals surface area contributed by atoms with Crippen molar-refractivity contribution in [3.05, 3.63) is 78.0 Å². The van der Waals surface area contributed by atoms with E-state index in [2.05, 4.69) is 9.71 Å². The van der Waals surface area contributed by atoms with Crippen molar-refractivity contribution >= 4 is 15.8 Å². The van der Waals surface area contributed by atoms with Gasteiger partial charge in [0.25, 0.3) is 10.0 Å². The van der Waals surface area contributed by atoms with Crippen LogP contribution in [0.25, 0.3) is 11.1 Å². The summed E-state index contributed by atoms with van der Waals surface area (Å²) in [7, 11) is -3.67. The molecule has 0 saturated heterocycles. The van der Waals surface area contributed by atoms with E-state index in [0.29, 0.717) is 11.4 Å². The minimum atomic E-state index is -3.67. The molecule has 0 spiro atoms. The summed E-state index contributed by atoms with van der Waals surface area (Å²) in [6.07, 6.45) is 0. The third-order valence-corrected chi connectivity index (χ3v) is 5.21. The first-order valence-corrected chi connectivity index (χ1v) is 9.06. The minimum Gasteiger partial charge on any atom is -0.263 e. The zero-order valence-electron chi connectivity index (χ0n) is 13.5. The molecule has 122 valence electrons. The standard InChI is InChI=1S/C19H18N2O2S/c1-14-13-17(16-8-4-3-5-9-16)11-12-18(14)24(22,23)21-19-10-6-7-15(2)20-19/h3-13H,1-2H3,(H,20,21). The van der Waals surface area contributed by atoms with Gasteiger partial charge in [-0.15, -0.1) is 0 Å². The zero-order valence-corrected chi connectivity index (χ0v) is 14.3. The molecule has 3 rings (SSSR count). The second kappa shape index (κ2) is 6.45. The van der Waals surface area contributed by atoms with Gasteiger partial charge in [0.1, 0.15) is 5.82 Å². The van der Waals surface area contributed by atoms with Gasteiger partial charge in [-0.25, -0.2) is 13.4 Å². The van der Waals surface area contributed by atoms with Crippen LogP contribution in [-0.2, 0) is 10.0 Å². The van der Waals surface area contributed by atoms with Crippen LogP contribution in [-0.4, -0.2) is 13.4 Å². The quantitative estimate of drug-likeness (QED) is 0.777. The van der Waals surface area contributed by atoms with E-state index in [4.69, 9.17) is 0 Å². The number of hydrogen-bond acceptors (Lipinski definition) is 3. The van der Waals surface area contributed by atoms with Crippen LogP contribution in [0.5, 0.6) is 0 Å². The SMILES string of the molecule is Cc1cccc(NS(=O)(=O)c2ccc(-c3ccccc3)cc2C)n1. The largest absolute Gasteiger partial charge is 0.263 e. The van der Waals surface area contributed by atoms with Gasteiger partial charge in [0.05, 0.1) is 4.90 Å². The van der Waals surface area contributed by atoms with Gasteiger partial charge in [0.15, 0.2) is 0 Å². The van der Waals surface area contributed by atoms with Gasteiger partial charge in [0.2, 0.25) is 0 Å². The molecular formula is C19H18N2O2S. The normalized spacial score (nSPS) is 11.2. The Balaban J connectivity index is 1.94. The predicted molar refractivity (Wildman–Crippen MR) is 96.4 cm³/mol. The lowest BCUT2D eigenvalue weighted by Crippen LogP contribution is -2.15. The molecule has 24 heavy (non-hydrogen) atoms. The molecule has 4 nitrogen and oxygen atoms in total. The lowest BCUT2D eigenvalue weighted by molar-refractivity contribution is 0.600. The fourth-order valence-corrected chi connectivity index (χ4v) is 3.78. The van der Waals surface area contributed by atoms with Gasteiger partial charge >= 0.3 is 0 Å². The summed E-state index contributed by atoms with van der Waals surface area (Å²) in [5.74, 6) is 0.321. The summed E-state index contributed by atoms with van der Waals surface area (Å²) < 4.78 is 27.8. The molecule has 0 aliphatic heterocycles. The number of benzene rings is 2. The highest BCUT2D eigenvalue weighted by Gasteiger charge is 2.18. The van der Waals surface area contributed by atoms with Crippen molar-refractivity contribution in [1.29, 1.82) is 0 Å². The number of aryl methyl sites for hydroxylation is 2. The maximum absolute atomic E-state index is 12.6. The lowest BCUT2D eigenvalue weighted by Gasteiger charge is -2.11. The number of nitrogens with one attached hydrogen (secondary N) is 1. The van der Waals surface area contributed by atoms with Gasteiger partial charge in [-0.2, -0.15) is 0 Å². The smallest absolute Gasteiger partial charge is 0.263 e. The van der Waals surface area contributed by atoms with Gasteiger partial charge in [-0.05, 0) is 48.7 Å². The van der Waals surface area contributed by atoms with Gasteiger partial charge in [-0.3, -0.25) is 4.72 Å². The van der Waals surface area contributed by atoms with Crippen molar-refractivity contribution in [2.24, 2.45) is 0 Å². The maximum atomic E-state index is 12.6. The van der Waals surface area contributed by atoms with E-state index in [-0.39, 0.29) is 4.90 Å². The fourth-order valence-electron chi connectivity index (χ4n) is 2.55. The number of pyridine rings is 1. The molecule has 0 aliphatic carbocycles. The number of anilines is 1. The summed E-state index contributed by atoms with van der Waals surface area (Å²) in [5, 5.41) is 0. The van der Waals surface area contributed by atoms with Crippen LogP contribution < -0.4 is 4.72 Å². The monoisotopic (exact) mass is 338 g/mol. The Morgan fingerprint density at radius 1 is 0.833 bits per heavy atom. The maximum Gasteiger partial charge on any atom is 0.263 e. The van der Waals surface area contributed by atoms with Crippen LogP contribution in [0, 0.1) is 13.8 Å². The Morgan fingerprint density at radius 2 is 1.58 bits per heavy atom. The third-order valence-electron chi connectivity index (χ3n) is 3.70. The van der Waals surface area contributed by atoms with E-state index in [0.717, 1.165) is 16.8 Å². The number of aromatic nitrogens is 1. The first-order chi connectivity index (χ1) is 11.5. The molecular weight excluding hydrogens is 320 g/mol. The Labute approximate surface area is 142 Å². The van der Waals surface area contributed by atoms with E-state index in [1.54, 1.807) is 25.1 Å². The third kappa shape index (κ3) is 3.46. The van der Waals surface area contributed by atoms with Crippen LogP contribution in [0.1, 0.15) is 11.3 Å². The van der Waals surface area contributed by atoms with Crippen LogP contribution >= 0.6 is 0 Å². The highest BCUT2D eigenvalue weighted by Crippen LogP contribution is 2.25. The molecule has 0 aliphatic rings. The second-order valence-electron chi connectivity index (χ2n) is 5.62. The molecule has 0 fully saturated rings. The molecule has 0 bridgehead atoms. The Kier molecular flexibility index (Phi) is 4.36. The average molecular weight is 338 g/mol. The van der Waals surface area contributed by atoms with Crippen molar-refractivity contribution < 1.29 is 8.42 Å². The van der Waals surface area contributed by atoms with E-state index in [9.17, 15) is 8.42 Å². The molecule has 2 aromatic carbocycles. The van der Waals surface area contributed by atoms with Crippen LogP contribution in [0.2, 0.25) is 0 Å². The molecule has 0 saturated carbocycles. The highest BCUT2D eigenvalue weighted by atomic mass is 32.2. The molecule has 5 heteroatoms. The van der Waals surface area contributed by atoms with Crippen LogP contribution in [0.4, 0.5) is 5.82 Å². The van der Waals surface area contributed by atoms with Crippen molar-refractivity contribution in [2.45, 2.75) is 18.7 Å². The molecule has 0 unspecified atom stereocenters. The van der Waals surface area contributed by atoms with E-state index in [1.807, 2.05) is 55.5 Å². The topological polar surface area (TPSA) is 59.1 Å². The van der Waals surface area contributed by atoms with Crippen molar-refractivity contribution in [3.8, 4) is 11.1 Å². The van der Waals surface area contributed by atoms with Crippen LogP contribution in [0.3, 0.4) is 0 Å². The second-order valence-corrected chi connectivity index (χ2v) is 7.27. The number of sulfonamides is 1. The minimum absolute atomic E-state index is 0.255. The number of hydrogen-bond donors (Lipinski definition) is 1. The van der Waals surface area contributed by atoms with Gasteiger partial charge in [0, 0.05) is 5.69 Å². The van der Waals surface area contributed by atoms with Crippen molar-refractivity contribution in [3.63, 3.8) is 0 Å². The Hall–Kier alpha value is -2.66. The first-order valence-electron chi connectivity index (χ1n) is 7.58. The summed E-state index contributed by atoms with van der Waals surface area (Å²) in [6.45, 7) is 3.61. The molecule has 0 amide bonds. The van der Waals surface area contributed by atoms with Gasteiger partial charge < -0.3 is 0 Å². The van der Waals surface area contributed by atoms with Gasteiger partial charge in [-0.1, -0.05) is 48.5 Å². The lowest BCUT2D eigenvalue weighted by atomic mass is 10.0. The van der Waals surface area contributed by atoms with Crippen LogP contribution in [0.15, 0.2) is 71.6 Å². The summed E-state index contributed by atoms with van der Waals surface area (Å²) in [5.41, 5.74) is 3.49. The molecule has 1 heterocycles. The summed E-state index contributed by atoms with van der Waals surface area (Å²) >= 11 is 0. The molecule has 1 N–H and O–H groups in total. The van der Waals surface area contributed by atoms with Crippen molar-refractivity contribution in [2.75, 3.05) is 4.72 Å². The number of rotatable bonds is 4.